The highest BCUT2D eigenvalue weighted by molar-refractivity contribution is 6.74. The number of esters is 1. The number of aliphatic carboxylic acids is 1. The molecular formula is C46H72O7Si. The van der Waals surface area contributed by atoms with Gasteiger partial charge in [-0.3, -0.25) is 4.79 Å². The van der Waals surface area contributed by atoms with Crippen molar-refractivity contribution in [3.8, 4) is 11.1 Å². The van der Waals surface area contributed by atoms with Crippen LogP contribution in [0.2, 0.25) is 18.1 Å². The van der Waals surface area contributed by atoms with Crippen LogP contribution in [0.25, 0.3) is 11.1 Å². The van der Waals surface area contributed by atoms with Crippen molar-refractivity contribution in [2.45, 2.75) is 180 Å². The number of carbonyl (C=O) groups excluding carboxylic acids is 1. The minimum atomic E-state index is -2.03. The van der Waals surface area contributed by atoms with E-state index in [-0.39, 0.29) is 53.9 Å². The smallest absolute Gasteiger partial charge is 0.338 e. The molecule has 1 saturated carbocycles. The summed E-state index contributed by atoms with van der Waals surface area (Å²) in [5.74, 6) is -0.245. The van der Waals surface area contributed by atoms with Crippen LogP contribution >= 0.6 is 0 Å². The number of benzene rings is 2. The Morgan fingerprint density at radius 1 is 0.852 bits per heavy atom. The Kier molecular flexibility index (Phi) is 17.8. The summed E-state index contributed by atoms with van der Waals surface area (Å²) in [5.41, 5.74) is 2.73. The second-order valence-electron chi connectivity index (χ2n) is 17.7. The Morgan fingerprint density at radius 3 is 2.19 bits per heavy atom. The van der Waals surface area contributed by atoms with Gasteiger partial charge >= 0.3 is 11.9 Å². The molecule has 0 bridgehead atoms. The van der Waals surface area contributed by atoms with Crippen molar-refractivity contribution in [1.82, 2.24) is 0 Å². The Hall–Kier alpha value is -2.52. The van der Waals surface area contributed by atoms with Gasteiger partial charge in [-0.1, -0.05) is 116 Å². The molecule has 1 N–H and O–H groups in total. The molecule has 2 fully saturated rings. The molecule has 2 aliphatic rings. The van der Waals surface area contributed by atoms with Crippen LogP contribution in [-0.2, 0) is 23.4 Å². The molecule has 0 radical (unpaired) electrons. The number of hydrogen-bond donors (Lipinski definition) is 1. The van der Waals surface area contributed by atoms with E-state index in [9.17, 15) is 9.59 Å². The highest BCUT2D eigenvalue weighted by Gasteiger charge is 2.47. The van der Waals surface area contributed by atoms with Crippen molar-refractivity contribution in [2.24, 2.45) is 17.8 Å². The average Bonchev–Trinajstić information content (AvgIpc) is 3.45. The van der Waals surface area contributed by atoms with Crippen LogP contribution in [0.1, 0.15) is 148 Å². The summed E-state index contributed by atoms with van der Waals surface area (Å²) in [6.45, 7) is 17.1. The van der Waals surface area contributed by atoms with Gasteiger partial charge < -0.3 is 23.7 Å². The molecule has 1 saturated heterocycles. The van der Waals surface area contributed by atoms with Crippen LogP contribution < -0.4 is 0 Å². The number of carbonyl (C=O) groups is 2. The van der Waals surface area contributed by atoms with Crippen LogP contribution in [0.4, 0.5) is 0 Å². The molecule has 1 heterocycles. The first-order chi connectivity index (χ1) is 25.8. The molecule has 4 rings (SSSR count). The quantitative estimate of drug-likeness (QED) is 0.0725. The van der Waals surface area contributed by atoms with Gasteiger partial charge in [0.25, 0.3) is 0 Å². The third-order valence-electron chi connectivity index (χ3n) is 12.5. The monoisotopic (exact) mass is 765 g/mol. The molecule has 0 spiro atoms. The molecule has 302 valence electrons. The predicted octanol–water partition coefficient (Wildman–Crippen LogP) is 12.2. The molecule has 2 aromatic carbocycles. The number of ether oxygens (including phenoxy) is 3. The first-order valence-corrected chi connectivity index (χ1v) is 24.2. The Bertz CT molecular complexity index is 1380. The largest absolute Gasteiger partial charge is 0.481 e. The van der Waals surface area contributed by atoms with E-state index in [2.05, 4.69) is 59.8 Å². The van der Waals surface area contributed by atoms with E-state index in [1.165, 1.54) is 19.3 Å². The molecule has 0 amide bonds. The van der Waals surface area contributed by atoms with Gasteiger partial charge in [-0.05, 0) is 105 Å². The highest BCUT2D eigenvalue weighted by Crippen LogP contribution is 2.45. The number of carboxylic acids is 1. The van der Waals surface area contributed by atoms with Gasteiger partial charge in [0.2, 0.25) is 0 Å². The molecule has 2 aromatic rings. The summed E-state index contributed by atoms with van der Waals surface area (Å²) < 4.78 is 26.7. The molecule has 4 unspecified atom stereocenters. The zero-order valence-electron chi connectivity index (χ0n) is 34.7. The maximum atomic E-state index is 13.8. The summed E-state index contributed by atoms with van der Waals surface area (Å²) in [6, 6.07) is 17.9. The van der Waals surface area contributed by atoms with Crippen LogP contribution in [-0.4, -0.2) is 56.6 Å². The molecule has 1 aliphatic heterocycles. The van der Waals surface area contributed by atoms with Gasteiger partial charge in [0.1, 0.15) is 6.10 Å². The molecule has 0 aromatic heterocycles. The standard InChI is InChI=1S/C46H72O7Si/c1-8-9-13-20-34(2)40(53-54(6,7)46(3,4)5)31-30-39-38(23-16-10-11-17-24-43(47)48)42(33-41(39)51-44-25-18-19-32-50-44)52-45(49)37-28-26-36(27-29-37)35-21-14-12-15-22-35/h12,14-15,21-22,26-29,34,38-42,44H,8-11,13,16-20,23-25,30-33H2,1-7H3,(H,47,48)/t34?,38-,39-,40?,41?,42+,44?/m1/s1. The normalized spacial score (nSPS) is 23.2. The summed E-state index contributed by atoms with van der Waals surface area (Å²) in [7, 11) is -2.03. The summed E-state index contributed by atoms with van der Waals surface area (Å²) in [5, 5.41) is 9.28. The Morgan fingerprint density at radius 2 is 1.54 bits per heavy atom. The minimum absolute atomic E-state index is 0.0766. The third kappa shape index (κ3) is 13.6. The number of unbranched alkanes of at least 4 members (excludes halogenated alkanes) is 5. The molecule has 7 atom stereocenters. The van der Waals surface area contributed by atoms with Gasteiger partial charge in [0.05, 0.1) is 11.7 Å². The second-order valence-corrected chi connectivity index (χ2v) is 22.5. The van der Waals surface area contributed by atoms with Gasteiger partial charge in [0.15, 0.2) is 14.6 Å². The maximum Gasteiger partial charge on any atom is 0.338 e. The number of carboxylic acid groups (broad SMARTS) is 1. The van der Waals surface area contributed by atoms with Crippen LogP contribution in [0.15, 0.2) is 54.6 Å². The Balaban J connectivity index is 1.57. The Labute approximate surface area is 328 Å². The molecule has 54 heavy (non-hydrogen) atoms. The number of rotatable bonds is 22. The van der Waals surface area contributed by atoms with E-state index in [4.69, 9.17) is 23.7 Å². The van der Waals surface area contributed by atoms with E-state index in [0.29, 0.717) is 24.3 Å². The van der Waals surface area contributed by atoms with E-state index in [1.807, 2.05) is 42.5 Å². The summed E-state index contributed by atoms with van der Waals surface area (Å²) in [4.78, 5) is 25.0. The van der Waals surface area contributed by atoms with Crippen molar-refractivity contribution in [3.63, 3.8) is 0 Å². The fraction of sp³-hybridized carbons (Fsp3) is 0.696. The fourth-order valence-corrected chi connectivity index (χ4v) is 9.61. The predicted molar refractivity (Wildman–Crippen MR) is 221 cm³/mol. The lowest BCUT2D eigenvalue weighted by Crippen LogP contribution is -2.45. The van der Waals surface area contributed by atoms with E-state index >= 15 is 0 Å². The van der Waals surface area contributed by atoms with Crippen molar-refractivity contribution in [3.05, 3.63) is 60.2 Å². The van der Waals surface area contributed by atoms with Gasteiger partial charge in [-0.25, -0.2) is 4.79 Å². The lowest BCUT2D eigenvalue weighted by molar-refractivity contribution is -0.196. The SMILES string of the molecule is CCCCCC(C)C(CC[C@H]1C(OC2CCCCO2)C[C@H](OC(=O)c2ccc(-c3ccccc3)cc2)[C@@H]1CCCCCCC(=O)O)O[Si](C)(C)C(C)(C)C. The second kappa shape index (κ2) is 21.7. The lowest BCUT2D eigenvalue weighted by atomic mass is 9.83. The van der Waals surface area contributed by atoms with Crippen LogP contribution in [0.5, 0.6) is 0 Å². The van der Waals surface area contributed by atoms with Crippen LogP contribution in [0.3, 0.4) is 0 Å². The van der Waals surface area contributed by atoms with Gasteiger partial charge in [-0.15, -0.1) is 0 Å². The third-order valence-corrected chi connectivity index (χ3v) is 17.0. The van der Waals surface area contributed by atoms with Crippen molar-refractivity contribution in [2.75, 3.05) is 6.61 Å². The summed E-state index contributed by atoms with van der Waals surface area (Å²) in [6.07, 6.45) is 14.6. The topological polar surface area (TPSA) is 91.3 Å². The average molecular weight is 765 g/mol. The molecular weight excluding hydrogens is 693 g/mol. The van der Waals surface area contributed by atoms with Gasteiger partial charge in [-0.2, -0.15) is 0 Å². The maximum absolute atomic E-state index is 13.8. The zero-order valence-corrected chi connectivity index (χ0v) is 35.7. The van der Waals surface area contributed by atoms with E-state index in [1.54, 1.807) is 0 Å². The zero-order chi connectivity index (χ0) is 39.1. The minimum Gasteiger partial charge on any atom is -0.481 e. The first kappa shape index (κ1) is 44.2. The van der Waals surface area contributed by atoms with Crippen molar-refractivity contribution >= 4 is 20.3 Å². The molecule has 8 heteroatoms. The lowest BCUT2D eigenvalue weighted by Gasteiger charge is -2.41. The fourth-order valence-electron chi connectivity index (χ4n) is 8.15. The molecule has 7 nitrogen and oxygen atoms in total. The van der Waals surface area contributed by atoms with Gasteiger partial charge in [0, 0.05) is 31.5 Å². The van der Waals surface area contributed by atoms with Crippen LogP contribution in [0, 0.1) is 17.8 Å². The van der Waals surface area contributed by atoms with E-state index < -0.39 is 14.3 Å². The number of hydrogen-bond acceptors (Lipinski definition) is 6. The highest BCUT2D eigenvalue weighted by atomic mass is 28.4. The van der Waals surface area contributed by atoms with Crippen molar-refractivity contribution < 1.29 is 33.3 Å². The van der Waals surface area contributed by atoms with Crippen molar-refractivity contribution in [1.29, 1.82) is 0 Å². The van der Waals surface area contributed by atoms with E-state index in [0.717, 1.165) is 81.9 Å². The molecule has 1 aliphatic carbocycles. The first-order valence-electron chi connectivity index (χ1n) is 21.3. The summed E-state index contributed by atoms with van der Waals surface area (Å²) >= 11 is 0.